The molecule has 1 heterocycles. The summed E-state index contributed by atoms with van der Waals surface area (Å²) in [6, 6.07) is 11.5. The van der Waals surface area contributed by atoms with Gasteiger partial charge in [-0.15, -0.1) is 0 Å². The van der Waals surface area contributed by atoms with Crippen molar-refractivity contribution in [2.45, 2.75) is 6.42 Å². The molecule has 3 aromatic rings. The van der Waals surface area contributed by atoms with Gasteiger partial charge in [0.15, 0.2) is 5.82 Å². The van der Waals surface area contributed by atoms with E-state index in [0.29, 0.717) is 33.6 Å². The Labute approximate surface area is 125 Å². The average molecular weight is 304 g/mol. The predicted octanol–water partition coefficient (Wildman–Crippen LogP) is 3.70. The van der Waals surface area contributed by atoms with Gasteiger partial charge in [0, 0.05) is 12.0 Å². The van der Waals surface area contributed by atoms with Crippen molar-refractivity contribution in [3.05, 3.63) is 64.7 Å². The molecule has 0 aliphatic rings. The molecular weight excluding hydrogens is 293 g/mol. The summed E-state index contributed by atoms with van der Waals surface area (Å²) in [5.41, 5.74) is 7.36. The third kappa shape index (κ3) is 2.87. The van der Waals surface area contributed by atoms with E-state index in [9.17, 15) is 4.39 Å². The summed E-state index contributed by atoms with van der Waals surface area (Å²) in [6.07, 6.45) is 0.263. The van der Waals surface area contributed by atoms with Gasteiger partial charge >= 0.3 is 0 Å². The molecule has 21 heavy (non-hydrogen) atoms. The molecule has 106 valence electrons. The lowest BCUT2D eigenvalue weighted by atomic mass is 10.1. The van der Waals surface area contributed by atoms with Crippen molar-refractivity contribution in [3.8, 4) is 11.5 Å². The number of rotatable bonds is 3. The van der Waals surface area contributed by atoms with Crippen LogP contribution in [0, 0.1) is 5.82 Å². The molecule has 0 aliphatic carbocycles. The van der Waals surface area contributed by atoms with Crippen molar-refractivity contribution in [1.82, 2.24) is 10.1 Å². The Balaban J connectivity index is 1.86. The largest absolute Gasteiger partial charge is 0.398 e. The highest BCUT2D eigenvalue weighted by molar-refractivity contribution is 6.33. The Kier molecular flexibility index (Phi) is 3.58. The summed E-state index contributed by atoms with van der Waals surface area (Å²) in [6.45, 7) is 0. The summed E-state index contributed by atoms with van der Waals surface area (Å²) in [5.74, 6) is 0.438. The molecule has 0 aliphatic heterocycles. The number of benzene rings is 2. The molecular formula is C15H11ClFN3O. The minimum atomic E-state index is -0.292. The average Bonchev–Trinajstić information content (AvgIpc) is 2.93. The van der Waals surface area contributed by atoms with E-state index in [4.69, 9.17) is 21.9 Å². The van der Waals surface area contributed by atoms with Crippen LogP contribution in [0.5, 0.6) is 0 Å². The Morgan fingerprint density at radius 2 is 2.00 bits per heavy atom. The normalized spacial score (nSPS) is 10.8. The lowest BCUT2D eigenvalue weighted by Gasteiger charge is -1.99. The maximum absolute atomic E-state index is 13.6. The van der Waals surface area contributed by atoms with Gasteiger partial charge in [0.05, 0.1) is 10.7 Å². The van der Waals surface area contributed by atoms with Crippen molar-refractivity contribution in [2.75, 3.05) is 5.73 Å². The van der Waals surface area contributed by atoms with Crippen LogP contribution in [-0.2, 0) is 6.42 Å². The number of anilines is 1. The molecule has 0 bridgehead atoms. The monoisotopic (exact) mass is 303 g/mol. The van der Waals surface area contributed by atoms with Crippen molar-refractivity contribution >= 4 is 17.3 Å². The maximum atomic E-state index is 13.6. The minimum absolute atomic E-state index is 0.263. The van der Waals surface area contributed by atoms with E-state index < -0.39 is 0 Å². The van der Waals surface area contributed by atoms with Crippen LogP contribution < -0.4 is 5.73 Å². The Hall–Kier alpha value is -2.40. The zero-order valence-electron chi connectivity index (χ0n) is 10.9. The third-order valence-corrected chi connectivity index (χ3v) is 3.36. The number of hydrogen-bond acceptors (Lipinski definition) is 4. The zero-order chi connectivity index (χ0) is 14.8. The number of hydrogen-bond donors (Lipinski definition) is 1. The topological polar surface area (TPSA) is 64.9 Å². The van der Waals surface area contributed by atoms with Crippen molar-refractivity contribution in [2.24, 2.45) is 0 Å². The van der Waals surface area contributed by atoms with E-state index in [2.05, 4.69) is 10.1 Å². The fourth-order valence-corrected chi connectivity index (χ4v) is 2.05. The van der Waals surface area contributed by atoms with E-state index in [1.54, 1.807) is 36.4 Å². The Morgan fingerprint density at radius 3 is 2.76 bits per heavy atom. The van der Waals surface area contributed by atoms with Crippen molar-refractivity contribution in [1.29, 1.82) is 0 Å². The number of halogens is 2. The number of nitrogens with zero attached hydrogens (tertiary/aromatic N) is 2. The molecule has 0 saturated carbocycles. The standard InChI is InChI=1S/C15H11ClFN3O/c16-11-6-5-10(7-13(11)18)15-19-14(20-21-15)8-9-3-1-2-4-12(9)17/h1-7H,8,18H2. The highest BCUT2D eigenvalue weighted by atomic mass is 35.5. The lowest BCUT2D eigenvalue weighted by molar-refractivity contribution is 0.423. The van der Waals surface area contributed by atoms with Gasteiger partial charge in [-0.05, 0) is 29.8 Å². The summed E-state index contributed by atoms with van der Waals surface area (Å²) < 4.78 is 18.8. The zero-order valence-corrected chi connectivity index (χ0v) is 11.6. The molecule has 0 unspecified atom stereocenters. The molecule has 0 atom stereocenters. The first kappa shape index (κ1) is 13.6. The van der Waals surface area contributed by atoms with E-state index >= 15 is 0 Å². The van der Waals surface area contributed by atoms with Gasteiger partial charge in [0.25, 0.3) is 5.89 Å². The van der Waals surface area contributed by atoms with Crippen LogP contribution in [0.4, 0.5) is 10.1 Å². The first-order valence-electron chi connectivity index (χ1n) is 6.25. The second kappa shape index (κ2) is 5.54. The fourth-order valence-electron chi connectivity index (χ4n) is 1.93. The molecule has 0 amide bonds. The molecule has 2 aromatic carbocycles. The smallest absolute Gasteiger partial charge is 0.258 e. The van der Waals surface area contributed by atoms with Gasteiger partial charge in [-0.2, -0.15) is 4.98 Å². The van der Waals surface area contributed by atoms with E-state index in [1.807, 2.05) is 0 Å². The van der Waals surface area contributed by atoms with Crippen LogP contribution >= 0.6 is 11.6 Å². The van der Waals surface area contributed by atoms with Gasteiger partial charge in [-0.3, -0.25) is 0 Å². The van der Waals surface area contributed by atoms with E-state index in [-0.39, 0.29) is 12.2 Å². The molecule has 6 heteroatoms. The molecule has 3 rings (SSSR count). The minimum Gasteiger partial charge on any atom is -0.398 e. The van der Waals surface area contributed by atoms with Gasteiger partial charge in [-0.25, -0.2) is 4.39 Å². The summed E-state index contributed by atoms with van der Waals surface area (Å²) in [4.78, 5) is 4.24. The third-order valence-electron chi connectivity index (χ3n) is 3.02. The highest BCUT2D eigenvalue weighted by Gasteiger charge is 2.12. The van der Waals surface area contributed by atoms with Crippen LogP contribution in [0.3, 0.4) is 0 Å². The maximum Gasteiger partial charge on any atom is 0.258 e. The van der Waals surface area contributed by atoms with Gasteiger partial charge in [0.1, 0.15) is 5.82 Å². The molecule has 4 nitrogen and oxygen atoms in total. The van der Waals surface area contributed by atoms with Crippen LogP contribution in [0.2, 0.25) is 5.02 Å². The van der Waals surface area contributed by atoms with Crippen molar-refractivity contribution < 1.29 is 8.91 Å². The summed E-state index contributed by atoms with van der Waals surface area (Å²) in [7, 11) is 0. The Morgan fingerprint density at radius 1 is 1.19 bits per heavy atom. The molecule has 0 spiro atoms. The number of nitrogens with two attached hydrogens (primary N) is 1. The van der Waals surface area contributed by atoms with Crippen molar-refractivity contribution in [3.63, 3.8) is 0 Å². The molecule has 0 radical (unpaired) electrons. The molecule has 1 aromatic heterocycles. The molecule has 0 fully saturated rings. The van der Waals surface area contributed by atoms with Gasteiger partial charge in [0.2, 0.25) is 0 Å². The summed E-state index contributed by atoms with van der Waals surface area (Å²) >= 11 is 5.86. The van der Waals surface area contributed by atoms with Crippen LogP contribution in [0.25, 0.3) is 11.5 Å². The first-order valence-corrected chi connectivity index (χ1v) is 6.62. The second-order valence-electron chi connectivity index (χ2n) is 4.52. The van der Waals surface area contributed by atoms with Crippen LogP contribution in [-0.4, -0.2) is 10.1 Å². The second-order valence-corrected chi connectivity index (χ2v) is 4.93. The van der Waals surface area contributed by atoms with Gasteiger partial charge < -0.3 is 10.3 Å². The molecule has 0 saturated heterocycles. The van der Waals surface area contributed by atoms with Crippen LogP contribution in [0.15, 0.2) is 47.0 Å². The van der Waals surface area contributed by atoms with Gasteiger partial charge in [-0.1, -0.05) is 35.0 Å². The van der Waals surface area contributed by atoms with E-state index in [0.717, 1.165) is 0 Å². The first-order chi connectivity index (χ1) is 10.1. The van der Waals surface area contributed by atoms with E-state index in [1.165, 1.54) is 6.07 Å². The highest BCUT2D eigenvalue weighted by Crippen LogP contribution is 2.26. The number of nitrogen functional groups attached to an aromatic ring is 1. The quantitative estimate of drug-likeness (QED) is 0.749. The summed E-state index contributed by atoms with van der Waals surface area (Å²) in [5, 5.41) is 4.32. The molecule has 2 N–H and O–H groups in total. The Bertz CT molecular complexity index is 788. The number of aromatic nitrogens is 2. The van der Waals surface area contributed by atoms with Crippen LogP contribution in [0.1, 0.15) is 11.4 Å². The SMILES string of the molecule is Nc1cc(-c2nc(Cc3ccccc3F)no2)ccc1Cl. The lowest BCUT2D eigenvalue weighted by Crippen LogP contribution is -1.94. The fraction of sp³-hybridized carbons (Fsp3) is 0.0667. The predicted molar refractivity (Wildman–Crippen MR) is 78.4 cm³/mol.